The molecule has 4 heteroatoms. The summed E-state index contributed by atoms with van der Waals surface area (Å²) in [4.78, 5) is 16.9. The van der Waals surface area contributed by atoms with Crippen molar-refractivity contribution in [2.45, 2.75) is 6.92 Å². The van der Waals surface area contributed by atoms with Gasteiger partial charge < -0.3 is 0 Å². The van der Waals surface area contributed by atoms with E-state index >= 15 is 0 Å². The quantitative estimate of drug-likeness (QED) is 0.790. The Morgan fingerprint density at radius 3 is 2.87 bits per heavy atom. The van der Waals surface area contributed by atoms with Crippen LogP contribution in [0.4, 0.5) is 0 Å². The molecule has 0 saturated heterocycles. The van der Waals surface area contributed by atoms with Gasteiger partial charge in [0.2, 0.25) is 5.78 Å². The molecule has 0 atom stereocenters. The van der Waals surface area contributed by atoms with Crippen molar-refractivity contribution in [3.05, 3.63) is 50.4 Å². The SMILES string of the molecule is Cc1ncccc1C(=O)c1sccc1Br. The van der Waals surface area contributed by atoms with E-state index in [0.717, 1.165) is 15.0 Å². The van der Waals surface area contributed by atoms with Crippen molar-refractivity contribution in [3.63, 3.8) is 0 Å². The third kappa shape index (κ3) is 2.01. The standard InChI is InChI=1S/C11H8BrNOS/c1-7-8(3-2-5-13-7)10(14)11-9(12)4-6-15-11/h2-6H,1H3. The van der Waals surface area contributed by atoms with Gasteiger partial charge in [0.05, 0.1) is 4.88 Å². The average molecular weight is 282 g/mol. The first-order chi connectivity index (χ1) is 7.20. The van der Waals surface area contributed by atoms with E-state index in [-0.39, 0.29) is 5.78 Å². The summed E-state index contributed by atoms with van der Waals surface area (Å²) >= 11 is 4.79. The molecule has 2 nitrogen and oxygen atoms in total. The Kier molecular flexibility index (Phi) is 2.98. The van der Waals surface area contributed by atoms with E-state index < -0.39 is 0 Å². The average Bonchev–Trinajstić information content (AvgIpc) is 2.64. The van der Waals surface area contributed by atoms with Crippen molar-refractivity contribution >= 4 is 33.0 Å². The van der Waals surface area contributed by atoms with Crippen LogP contribution >= 0.6 is 27.3 Å². The number of pyridine rings is 1. The summed E-state index contributed by atoms with van der Waals surface area (Å²) in [6.45, 7) is 1.84. The molecule has 0 radical (unpaired) electrons. The Balaban J connectivity index is 2.46. The molecular weight excluding hydrogens is 274 g/mol. The second-order valence-electron chi connectivity index (χ2n) is 3.06. The fourth-order valence-electron chi connectivity index (χ4n) is 1.30. The van der Waals surface area contributed by atoms with Crippen LogP contribution in [-0.2, 0) is 0 Å². The number of carbonyl (C=O) groups is 1. The predicted octanol–water partition coefficient (Wildman–Crippen LogP) is 3.45. The number of halogens is 1. The van der Waals surface area contributed by atoms with Gasteiger partial charge >= 0.3 is 0 Å². The predicted molar refractivity (Wildman–Crippen MR) is 64.4 cm³/mol. The largest absolute Gasteiger partial charge is 0.288 e. The van der Waals surface area contributed by atoms with Gasteiger partial charge in [0, 0.05) is 21.9 Å². The molecule has 0 saturated carbocycles. The highest BCUT2D eigenvalue weighted by atomic mass is 79.9. The third-order valence-electron chi connectivity index (χ3n) is 2.07. The van der Waals surface area contributed by atoms with Gasteiger partial charge in [-0.25, -0.2) is 0 Å². The lowest BCUT2D eigenvalue weighted by Gasteiger charge is -2.01. The molecular formula is C11H8BrNOS. The molecule has 0 aromatic carbocycles. The molecule has 15 heavy (non-hydrogen) atoms. The normalized spacial score (nSPS) is 10.3. The molecule has 2 aromatic heterocycles. The van der Waals surface area contributed by atoms with E-state index in [1.807, 2.05) is 18.4 Å². The summed E-state index contributed by atoms with van der Waals surface area (Å²) < 4.78 is 0.848. The third-order valence-corrected chi connectivity index (χ3v) is 3.91. The summed E-state index contributed by atoms with van der Waals surface area (Å²) in [6, 6.07) is 5.46. The Bertz CT molecular complexity index is 507. The van der Waals surface area contributed by atoms with Gasteiger partial charge in [-0.3, -0.25) is 9.78 Å². The molecule has 0 aliphatic carbocycles. The van der Waals surface area contributed by atoms with Gasteiger partial charge in [-0.15, -0.1) is 11.3 Å². The van der Waals surface area contributed by atoms with Crippen LogP contribution in [-0.4, -0.2) is 10.8 Å². The molecule has 0 unspecified atom stereocenters. The molecule has 0 N–H and O–H groups in total. The first-order valence-electron chi connectivity index (χ1n) is 4.39. The van der Waals surface area contributed by atoms with Gasteiger partial charge in [-0.05, 0) is 46.4 Å². The Morgan fingerprint density at radius 2 is 2.27 bits per heavy atom. The number of carbonyl (C=O) groups excluding carboxylic acids is 1. The van der Waals surface area contributed by atoms with Crippen LogP contribution in [0.1, 0.15) is 20.9 Å². The smallest absolute Gasteiger partial charge is 0.205 e. The maximum absolute atomic E-state index is 12.1. The van der Waals surface area contributed by atoms with Crippen LogP contribution in [0.15, 0.2) is 34.2 Å². The zero-order valence-electron chi connectivity index (χ0n) is 8.03. The van der Waals surface area contributed by atoms with Crippen molar-refractivity contribution < 1.29 is 4.79 Å². The minimum absolute atomic E-state index is 0.0301. The number of aryl methyl sites for hydroxylation is 1. The lowest BCUT2D eigenvalue weighted by molar-refractivity contribution is 0.104. The monoisotopic (exact) mass is 281 g/mol. The van der Waals surface area contributed by atoms with Crippen LogP contribution in [0.2, 0.25) is 0 Å². The van der Waals surface area contributed by atoms with Crippen molar-refractivity contribution in [1.82, 2.24) is 4.98 Å². The van der Waals surface area contributed by atoms with E-state index in [0.29, 0.717) is 5.56 Å². The summed E-state index contributed by atoms with van der Waals surface area (Å²) in [5.74, 6) is 0.0301. The molecule has 0 spiro atoms. The van der Waals surface area contributed by atoms with Gasteiger partial charge in [-0.2, -0.15) is 0 Å². The van der Waals surface area contributed by atoms with Crippen LogP contribution in [0.5, 0.6) is 0 Å². The highest BCUT2D eigenvalue weighted by Crippen LogP contribution is 2.25. The first kappa shape index (κ1) is 10.5. The van der Waals surface area contributed by atoms with Crippen LogP contribution in [0, 0.1) is 6.92 Å². The van der Waals surface area contributed by atoms with Gasteiger partial charge in [0.15, 0.2) is 0 Å². The molecule has 0 amide bonds. The highest BCUT2D eigenvalue weighted by molar-refractivity contribution is 9.10. The number of ketones is 1. The van der Waals surface area contributed by atoms with Crippen molar-refractivity contribution in [2.75, 3.05) is 0 Å². The zero-order chi connectivity index (χ0) is 10.8. The molecule has 2 rings (SSSR count). The molecule has 0 aliphatic rings. The molecule has 2 aromatic rings. The number of nitrogens with zero attached hydrogens (tertiary/aromatic N) is 1. The minimum atomic E-state index is 0.0301. The van der Waals surface area contributed by atoms with Gasteiger partial charge in [0.25, 0.3) is 0 Å². The number of rotatable bonds is 2. The molecule has 76 valence electrons. The molecule has 0 aliphatic heterocycles. The number of thiophene rings is 1. The van der Waals surface area contributed by atoms with E-state index in [2.05, 4.69) is 20.9 Å². The highest BCUT2D eigenvalue weighted by Gasteiger charge is 2.15. The summed E-state index contributed by atoms with van der Waals surface area (Å²) in [5.41, 5.74) is 1.43. The maximum atomic E-state index is 12.1. The van der Waals surface area contributed by atoms with Crippen LogP contribution in [0.3, 0.4) is 0 Å². The number of hydrogen-bond acceptors (Lipinski definition) is 3. The van der Waals surface area contributed by atoms with E-state index in [9.17, 15) is 4.79 Å². The van der Waals surface area contributed by atoms with Crippen LogP contribution < -0.4 is 0 Å². The lowest BCUT2D eigenvalue weighted by atomic mass is 10.1. The topological polar surface area (TPSA) is 30.0 Å². The van der Waals surface area contributed by atoms with Crippen molar-refractivity contribution in [2.24, 2.45) is 0 Å². The molecule has 0 fully saturated rings. The molecule has 0 bridgehead atoms. The fraction of sp³-hybridized carbons (Fsp3) is 0.0909. The first-order valence-corrected chi connectivity index (χ1v) is 6.06. The summed E-state index contributed by atoms with van der Waals surface area (Å²) in [6.07, 6.45) is 1.69. The zero-order valence-corrected chi connectivity index (χ0v) is 10.4. The lowest BCUT2D eigenvalue weighted by Crippen LogP contribution is -2.03. The van der Waals surface area contributed by atoms with E-state index in [1.165, 1.54) is 11.3 Å². The van der Waals surface area contributed by atoms with E-state index in [1.54, 1.807) is 18.3 Å². The van der Waals surface area contributed by atoms with E-state index in [4.69, 9.17) is 0 Å². The Morgan fingerprint density at radius 1 is 1.47 bits per heavy atom. The van der Waals surface area contributed by atoms with Crippen molar-refractivity contribution in [3.8, 4) is 0 Å². The second-order valence-corrected chi connectivity index (χ2v) is 4.83. The van der Waals surface area contributed by atoms with Gasteiger partial charge in [-0.1, -0.05) is 0 Å². The molecule has 2 heterocycles. The summed E-state index contributed by atoms with van der Waals surface area (Å²) in [7, 11) is 0. The van der Waals surface area contributed by atoms with Crippen molar-refractivity contribution in [1.29, 1.82) is 0 Å². The maximum Gasteiger partial charge on any atom is 0.205 e. The fourth-order valence-corrected chi connectivity index (χ4v) is 2.81. The summed E-state index contributed by atoms with van der Waals surface area (Å²) in [5, 5.41) is 1.89. The van der Waals surface area contributed by atoms with Crippen LogP contribution in [0.25, 0.3) is 0 Å². The Hall–Kier alpha value is -1.00. The minimum Gasteiger partial charge on any atom is -0.288 e. The number of aromatic nitrogens is 1. The number of hydrogen-bond donors (Lipinski definition) is 0. The van der Waals surface area contributed by atoms with Gasteiger partial charge in [0.1, 0.15) is 0 Å². The Labute approximate surface area is 100 Å². The second kappa shape index (κ2) is 4.24.